The number of para-hydroxylation sites is 1. The Morgan fingerprint density at radius 3 is 2.84 bits per heavy atom. The van der Waals surface area contributed by atoms with Gasteiger partial charge in [-0.05, 0) is 19.1 Å². The van der Waals surface area contributed by atoms with Crippen LogP contribution in [0.3, 0.4) is 0 Å². The second-order valence-corrected chi connectivity index (χ2v) is 4.55. The lowest BCUT2D eigenvalue weighted by Crippen LogP contribution is -2.42. The molecule has 4 nitrogen and oxygen atoms in total. The fraction of sp³-hybridized carbons (Fsp3) is 0.200. The molecule has 19 heavy (non-hydrogen) atoms. The summed E-state index contributed by atoms with van der Waals surface area (Å²) in [6.07, 6.45) is 3.07. The van der Waals surface area contributed by atoms with E-state index in [0.29, 0.717) is 0 Å². The number of carbonyl (C=O) groups excluding carboxylic acids is 1. The molecular formula is C15H14N2O2. The van der Waals surface area contributed by atoms with Crippen molar-refractivity contribution in [1.82, 2.24) is 4.98 Å². The molecule has 0 radical (unpaired) electrons. The summed E-state index contributed by atoms with van der Waals surface area (Å²) in [6, 6.07) is 9.63. The molecule has 0 saturated heterocycles. The largest absolute Gasteiger partial charge is 0.479 e. The van der Waals surface area contributed by atoms with Gasteiger partial charge in [0.25, 0.3) is 5.91 Å². The van der Waals surface area contributed by atoms with Crippen LogP contribution in [0, 0.1) is 0 Å². The summed E-state index contributed by atoms with van der Waals surface area (Å²) < 4.78 is 5.66. The summed E-state index contributed by atoms with van der Waals surface area (Å²) in [5, 5.41) is 0. The monoisotopic (exact) mass is 254 g/mol. The number of carbonyl (C=O) groups is 1. The van der Waals surface area contributed by atoms with Crippen LogP contribution in [0.25, 0.3) is 11.1 Å². The number of aromatic nitrogens is 1. The standard InChI is InChI=1S/C15H14N2O2/c1-10-15(18)17(2)14-12(6-3-7-13(14)19-10)11-5-4-8-16-9-11/h3-10H,1-2H3. The Kier molecular flexibility index (Phi) is 2.71. The third kappa shape index (κ3) is 1.85. The van der Waals surface area contributed by atoms with Crippen LogP contribution in [-0.4, -0.2) is 24.0 Å². The van der Waals surface area contributed by atoms with Crippen molar-refractivity contribution < 1.29 is 9.53 Å². The van der Waals surface area contributed by atoms with Crippen molar-refractivity contribution in [2.45, 2.75) is 13.0 Å². The number of anilines is 1. The zero-order chi connectivity index (χ0) is 13.4. The SMILES string of the molecule is CC1Oc2cccc(-c3cccnc3)c2N(C)C1=O. The highest BCUT2D eigenvalue weighted by Gasteiger charge is 2.30. The molecule has 0 aliphatic carbocycles. The van der Waals surface area contributed by atoms with Gasteiger partial charge in [0.1, 0.15) is 5.75 Å². The molecule has 0 saturated carbocycles. The smallest absolute Gasteiger partial charge is 0.267 e. The van der Waals surface area contributed by atoms with Crippen molar-refractivity contribution >= 4 is 11.6 Å². The number of nitrogens with zero attached hydrogens (tertiary/aromatic N) is 2. The number of pyridine rings is 1. The first-order chi connectivity index (χ1) is 9.18. The highest BCUT2D eigenvalue weighted by molar-refractivity contribution is 6.03. The number of ether oxygens (including phenoxy) is 1. The summed E-state index contributed by atoms with van der Waals surface area (Å²) in [5.41, 5.74) is 2.73. The fourth-order valence-electron chi connectivity index (χ4n) is 2.34. The number of fused-ring (bicyclic) bond motifs is 1. The van der Waals surface area contributed by atoms with Crippen molar-refractivity contribution in [1.29, 1.82) is 0 Å². The molecule has 4 heteroatoms. The molecule has 0 fully saturated rings. The van der Waals surface area contributed by atoms with E-state index in [1.54, 1.807) is 31.3 Å². The van der Waals surface area contributed by atoms with Crippen molar-refractivity contribution in [3.8, 4) is 16.9 Å². The highest BCUT2D eigenvalue weighted by atomic mass is 16.5. The van der Waals surface area contributed by atoms with Crippen molar-refractivity contribution in [2.24, 2.45) is 0 Å². The van der Waals surface area contributed by atoms with E-state index in [9.17, 15) is 4.79 Å². The minimum absolute atomic E-state index is 0.0381. The molecule has 1 atom stereocenters. The van der Waals surface area contributed by atoms with Crippen LogP contribution in [0.1, 0.15) is 6.92 Å². The summed E-state index contributed by atoms with van der Waals surface area (Å²) >= 11 is 0. The van der Waals surface area contributed by atoms with Gasteiger partial charge < -0.3 is 9.64 Å². The highest BCUT2D eigenvalue weighted by Crippen LogP contribution is 2.41. The van der Waals surface area contributed by atoms with Gasteiger partial charge in [0.2, 0.25) is 0 Å². The van der Waals surface area contributed by atoms with E-state index < -0.39 is 6.10 Å². The molecule has 1 amide bonds. The fourth-order valence-corrected chi connectivity index (χ4v) is 2.34. The summed E-state index contributed by atoms with van der Waals surface area (Å²) in [4.78, 5) is 17.8. The van der Waals surface area contributed by atoms with Crippen LogP contribution >= 0.6 is 0 Å². The number of benzene rings is 1. The molecule has 96 valence electrons. The first-order valence-electron chi connectivity index (χ1n) is 6.16. The summed E-state index contributed by atoms with van der Waals surface area (Å²) in [6.45, 7) is 1.76. The lowest BCUT2D eigenvalue weighted by Gasteiger charge is -2.32. The van der Waals surface area contributed by atoms with Crippen LogP contribution < -0.4 is 9.64 Å². The van der Waals surface area contributed by atoms with Crippen LogP contribution in [0.2, 0.25) is 0 Å². The molecule has 0 N–H and O–H groups in total. The Labute approximate surface area is 111 Å². The Morgan fingerprint density at radius 2 is 2.11 bits per heavy atom. The van der Waals surface area contributed by atoms with E-state index in [0.717, 1.165) is 22.6 Å². The van der Waals surface area contributed by atoms with Gasteiger partial charge in [-0.25, -0.2) is 0 Å². The van der Waals surface area contributed by atoms with Crippen molar-refractivity contribution in [2.75, 3.05) is 11.9 Å². The van der Waals surface area contributed by atoms with E-state index in [1.165, 1.54) is 0 Å². The molecule has 0 spiro atoms. The number of rotatable bonds is 1. The van der Waals surface area contributed by atoms with Crippen molar-refractivity contribution in [3.05, 3.63) is 42.7 Å². The van der Waals surface area contributed by atoms with Gasteiger partial charge in [0.15, 0.2) is 6.10 Å². The maximum atomic E-state index is 12.1. The second kappa shape index (κ2) is 4.39. The van der Waals surface area contributed by atoms with Crippen LogP contribution in [0.4, 0.5) is 5.69 Å². The number of hydrogen-bond acceptors (Lipinski definition) is 3. The van der Waals surface area contributed by atoms with Gasteiger partial charge in [0, 0.05) is 30.6 Å². The van der Waals surface area contributed by atoms with Gasteiger partial charge in [0.05, 0.1) is 5.69 Å². The molecule has 1 aromatic carbocycles. The Bertz CT molecular complexity index is 625. The average Bonchev–Trinajstić information content (AvgIpc) is 2.45. The number of amides is 1. The first-order valence-corrected chi connectivity index (χ1v) is 6.16. The topological polar surface area (TPSA) is 42.4 Å². The summed E-state index contributed by atoms with van der Waals surface area (Å²) in [5.74, 6) is 0.694. The Morgan fingerprint density at radius 1 is 1.26 bits per heavy atom. The van der Waals surface area contributed by atoms with Crippen LogP contribution in [0.5, 0.6) is 5.75 Å². The molecule has 2 heterocycles. The normalized spacial score (nSPS) is 17.9. The second-order valence-electron chi connectivity index (χ2n) is 4.55. The molecule has 1 aliphatic heterocycles. The van der Waals surface area contributed by atoms with E-state index in [1.807, 2.05) is 30.3 Å². The molecule has 0 bridgehead atoms. The molecule has 1 aliphatic rings. The predicted molar refractivity (Wildman–Crippen MR) is 73.2 cm³/mol. The minimum atomic E-state index is -0.443. The predicted octanol–water partition coefficient (Wildman–Crippen LogP) is 2.49. The van der Waals surface area contributed by atoms with Crippen molar-refractivity contribution in [3.63, 3.8) is 0 Å². The van der Waals surface area contributed by atoms with Gasteiger partial charge in [-0.2, -0.15) is 0 Å². The zero-order valence-electron chi connectivity index (χ0n) is 10.8. The maximum Gasteiger partial charge on any atom is 0.267 e. The average molecular weight is 254 g/mol. The molecule has 1 unspecified atom stereocenters. The lowest BCUT2D eigenvalue weighted by atomic mass is 10.0. The summed E-state index contributed by atoms with van der Waals surface area (Å²) in [7, 11) is 1.78. The quantitative estimate of drug-likeness (QED) is 0.785. The van der Waals surface area contributed by atoms with Gasteiger partial charge in [-0.1, -0.05) is 18.2 Å². The van der Waals surface area contributed by atoms with E-state index in [-0.39, 0.29) is 5.91 Å². The van der Waals surface area contributed by atoms with Crippen LogP contribution in [-0.2, 0) is 4.79 Å². The number of hydrogen-bond donors (Lipinski definition) is 0. The molecule has 3 rings (SSSR count). The zero-order valence-corrected chi connectivity index (χ0v) is 10.8. The van der Waals surface area contributed by atoms with E-state index >= 15 is 0 Å². The third-order valence-corrected chi connectivity index (χ3v) is 3.29. The number of likely N-dealkylation sites (N-methyl/N-ethyl adjacent to an activating group) is 1. The molecule has 1 aromatic heterocycles. The maximum absolute atomic E-state index is 12.1. The van der Waals surface area contributed by atoms with Gasteiger partial charge in [-0.15, -0.1) is 0 Å². The van der Waals surface area contributed by atoms with E-state index in [4.69, 9.17) is 4.74 Å². The van der Waals surface area contributed by atoms with Gasteiger partial charge in [-0.3, -0.25) is 9.78 Å². The third-order valence-electron chi connectivity index (χ3n) is 3.29. The van der Waals surface area contributed by atoms with Crippen LogP contribution in [0.15, 0.2) is 42.7 Å². The molecular weight excluding hydrogens is 240 g/mol. The van der Waals surface area contributed by atoms with E-state index in [2.05, 4.69) is 4.98 Å². The minimum Gasteiger partial charge on any atom is -0.479 e. The first kappa shape index (κ1) is 11.7. The lowest BCUT2D eigenvalue weighted by molar-refractivity contribution is -0.125. The Balaban J connectivity index is 2.19. The Hall–Kier alpha value is -2.36. The van der Waals surface area contributed by atoms with Gasteiger partial charge >= 0.3 is 0 Å². The molecule has 2 aromatic rings.